The van der Waals surface area contributed by atoms with Gasteiger partial charge in [-0.3, -0.25) is 15.1 Å². The second-order valence-corrected chi connectivity index (χ2v) is 8.62. The Hall–Kier alpha value is -3.58. The third kappa shape index (κ3) is 4.50. The lowest BCUT2D eigenvalue weighted by Crippen LogP contribution is -2.33. The van der Waals surface area contributed by atoms with E-state index in [1.807, 2.05) is 56.4 Å². The number of fused-ring (bicyclic) bond motifs is 1. The number of nitrogens with zero attached hydrogens (tertiary/aromatic N) is 3. The van der Waals surface area contributed by atoms with Gasteiger partial charge in [-0.1, -0.05) is 12.1 Å². The lowest BCUT2D eigenvalue weighted by atomic mass is 9.93. The van der Waals surface area contributed by atoms with Crippen molar-refractivity contribution in [3.63, 3.8) is 0 Å². The highest BCUT2D eigenvalue weighted by molar-refractivity contribution is 5.95. The Morgan fingerprint density at radius 2 is 1.94 bits per heavy atom. The van der Waals surface area contributed by atoms with E-state index in [-0.39, 0.29) is 12.1 Å². The molecule has 7 heteroatoms. The van der Waals surface area contributed by atoms with Gasteiger partial charge in [-0.15, -0.1) is 0 Å². The Morgan fingerprint density at radius 1 is 1.09 bits per heavy atom. The first-order chi connectivity index (χ1) is 16.1. The third-order valence-corrected chi connectivity index (χ3v) is 6.37. The maximum atomic E-state index is 12.8. The molecule has 3 aromatic heterocycles. The Kier molecular flexibility index (Phi) is 5.88. The molecule has 2 N–H and O–H groups in total. The second kappa shape index (κ2) is 9.11. The Bertz CT molecular complexity index is 1290. The van der Waals surface area contributed by atoms with Crippen LogP contribution < -0.4 is 5.32 Å². The van der Waals surface area contributed by atoms with Crippen molar-refractivity contribution in [1.29, 1.82) is 0 Å². The van der Waals surface area contributed by atoms with Gasteiger partial charge < -0.3 is 10.1 Å². The van der Waals surface area contributed by atoms with Crippen molar-refractivity contribution in [2.75, 3.05) is 7.05 Å². The van der Waals surface area contributed by atoms with Crippen LogP contribution in [0.1, 0.15) is 41.7 Å². The molecular weight excluding hydrogens is 414 g/mol. The smallest absolute Gasteiger partial charge is 0.339 e. The highest BCUT2D eigenvalue weighted by Gasteiger charge is 2.23. The second-order valence-electron chi connectivity index (χ2n) is 8.62. The zero-order valence-electron chi connectivity index (χ0n) is 18.8. The summed E-state index contributed by atoms with van der Waals surface area (Å²) in [4.78, 5) is 21.9. The molecule has 1 saturated carbocycles. The van der Waals surface area contributed by atoms with E-state index in [0.717, 1.165) is 64.8 Å². The van der Waals surface area contributed by atoms with Crippen LogP contribution in [-0.4, -0.2) is 45.3 Å². The molecule has 1 aliphatic rings. The van der Waals surface area contributed by atoms with E-state index >= 15 is 0 Å². The number of ether oxygens (including phenoxy) is 1. The van der Waals surface area contributed by atoms with E-state index < -0.39 is 0 Å². The minimum atomic E-state index is -0.310. The van der Waals surface area contributed by atoms with Crippen LogP contribution in [0.2, 0.25) is 0 Å². The topological polar surface area (TPSA) is 92.8 Å². The average molecular weight is 442 g/mol. The summed E-state index contributed by atoms with van der Waals surface area (Å²) in [6.45, 7) is 1.97. The van der Waals surface area contributed by atoms with Gasteiger partial charge in [0.25, 0.3) is 0 Å². The van der Waals surface area contributed by atoms with Crippen LogP contribution in [-0.2, 0) is 4.74 Å². The molecule has 1 aliphatic carbocycles. The Labute approximate surface area is 192 Å². The van der Waals surface area contributed by atoms with Crippen molar-refractivity contribution in [3.8, 4) is 22.5 Å². The maximum absolute atomic E-state index is 12.8. The molecule has 4 aromatic rings. The van der Waals surface area contributed by atoms with Crippen molar-refractivity contribution < 1.29 is 9.53 Å². The highest BCUT2D eigenvalue weighted by Crippen LogP contribution is 2.31. The SMILES string of the molecule is CN[C@H]1CC[C@H](OC(=O)c2cnc3ccc(-c4cn[nH]c4-c4cccc(C)n4)cc3c2)CC1. The fourth-order valence-electron chi connectivity index (χ4n) is 4.48. The molecule has 1 aromatic carbocycles. The van der Waals surface area contributed by atoms with Gasteiger partial charge >= 0.3 is 5.97 Å². The first kappa shape index (κ1) is 21.3. The number of rotatable bonds is 5. The molecule has 0 radical (unpaired) electrons. The number of hydrogen-bond acceptors (Lipinski definition) is 6. The Balaban J connectivity index is 1.40. The minimum Gasteiger partial charge on any atom is -0.459 e. The number of aryl methyl sites for hydroxylation is 1. The summed E-state index contributed by atoms with van der Waals surface area (Å²) >= 11 is 0. The highest BCUT2D eigenvalue weighted by atomic mass is 16.5. The van der Waals surface area contributed by atoms with E-state index in [4.69, 9.17) is 4.74 Å². The van der Waals surface area contributed by atoms with Gasteiger partial charge in [0.15, 0.2) is 0 Å². The molecule has 0 spiro atoms. The number of aromatic nitrogens is 4. The quantitative estimate of drug-likeness (QED) is 0.437. The van der Waals surface area contributed by atoms with E-state index in [9.17, 15) is 4.79 Å². The zero-order valence-corrected chi connectivity index (χ0v) is 18.8. The fourth-order valence-corrected chi connectivity index (χ4v) is 4.48. The van der Waals surface area contributed by atoms with Crippen molar-refractivity contribution >= 4 is 16.9 Å². The van der Waals surface area contributed by atoms with E-state index in [0.29, 0.717) is 11.6 Å². The molecule has 0 bridgehead atoms. The molecule has 168 valence electrons. The summed E-state index contributed by atoms with van der Waals surface area (Å²) in [5.41, 5.74) is 5.87. The van der Waals surface area contributed by atoms with Crippen LogP contribution in [0, 0.1) is 6.92 Å². The summed E-state index contributed by atoms with van der Waals surface area (Å²) < 4.78 is 5.78. The maximum Gasteiger partial charge on any atom is 0.339 e. The lowest BCUT2D eigenvalue weighted by Gasteiger charge is -2.27. The van der Waals surface area contributed by atoms with Crippen molar-refractivity contribution in [2.45, 2.75) is 44.8 Å². The summed E-state index contributed by atoms with van der Waals surface area (Å²) in [6.07, 6.45) is 7.20. The molecule has 3 heterocycles. The molecule has 33 heavy (non-hydrogen) atoms. The molecule has 0 saturated heterocycles. The standard InChI is InChI=1S/C26H27N5O2/c1-16-4-3-5-24(30-16)25-22(15-29-31-25)17-6-11-23-18(12-17)13-19(14-28-23)26(32)33-21-9-7-20(27-2)8-10-21/h3-6,11-15,20-21,27H,7-10H2,1-2H3,(H,29,31)/t20-,21-. The summed E-state index contributed by atoms with van der Waals surface area (Å²) in [6, 6.07) is 14.3. The van der Waals surface area contributed by atoms with E-state index in [2.05, 4.69) is 25.5 Å². The number of benzene rings is 1. The van der Waals surface area contributed by atoms with Gasteiger partial charge in [0.2, 0.25) is 0 Å². The van der Waals surface area contributed by atoms with Crippen molar-refractivity contribution in [2.24, 2.45) is 0 Å². The number of esters is 1. The van der Waals surface area contributed by atoms with Gasteiger partial charge in [-0.2, -0.15) is 5.10 Å². The predicted molar refractivity (Wildman–Crippen MR) is 128 cm³/mol. The third-order valence-electron chi connectivity index (χ3n) is 6.37. The van der Waals surface area contributed by atoms with Gasteiger partial charge in [0.05, 0.1) is 28.7 Å². The molecule has 0 atom stereocenters. The number of hydrogen-bond donors (Lipinski definition) is 2. The number of carbonyl (C=O) groups excluding carboxylic acids is 1. The monoisotopic (exact) mass is 441 g/mol. The van der Waals surface area contributed by atoms with Crippen LogP contribution >= 0.6 is 0 Å². The van der Waals surface area contributed by atoms with Gasteiger partial charge in [0, 0.05) is 28.9 Å². The zero-order chi connectivity index (χ0) is 22.8. The number of pyridine rings is 2. The summed E-state index contributed by atoms with van der Waals surface area (Å²) in [5, 5.41) is 11.5. The number of H-pyrrole nitrogens is 1. The van der Waals surface area contributed by atoms with Crippen LogP contribution in [0.25, 0.3) is 33.4 Å². The fraction of sp³-hybridized carbons (Fsp3) is 0.308. The van der Waals surface area contributed by atoms with Crippen LogP contribution in [0.3, 0.4) is 0 Å². The first-order valence-electron chi connectivity index (χ1n) is 11.4. The molecule has 1 fully saturated rings. The molecule has 0 aliphatic heterocycles. The number of aromatic amines is 1. The largest absolute Gasteiger partial charge is 0.459 e. The van der Waals surface area contributed by atoms with Crippen LogP contribution in [0.4, 0.5) is 0 Å². The lowest BCUT2D eigenvalue weighted by molar-refractivity contribution is 0.0188. The van der Waals surface area contributed by atoms with Gasteiger partial charge in [0.1, 0.15) is 6.10 Å². The van der Waals surface area contributed by atoms with Crippen LogP contribution in [0.5, 0.6) is 0 Å². The van der Waals surface area contributed by atoms with E-state index in [1.165, 1.54) is 0 Å². The summed E-state index contributed by atoms with van der Waals surface area (Å²) in [7, 11) is 1.98. The molecule has 0 amide bonds. The minimum absolute atomic E-state index is 0.0283. The van der Waals surface area contributed by atoms with Crippen molar-refractivity contribution in [1.82, 2.24) is 25.5 Å². The van der Waals surface area contributed by atoms with Crippen LogP contribution in [0.15, 0.2) is 54.9 Å². The first-order valence-corrected chi connectivity index (χ1v) is 11.4. The average Bonchev–Trinajstić information content (AvgIpc) is 3.34. The normalized spacial score (nSPS) is 18.4. The molecular formula is C26H27N5O2. The summed E-state index contributed by atoms with van der Waals surface area (Å²) in [5.74, 6) is -0.310. The molecule has 0 unspecified atom stereocenters. The Morgan fingerprint density at radius 3 is 2.73 bits per heavy atom. The molecule has 7 nitrogen and oxygen atoms in total. The number of carbonyl (C=O) groups is 1. The van der Waals surface area contributed by atoms with Gasteiger partial charge in [-0.25, -0.2) is 4.79 Å². The molecule has 5 rings (SSSR count). The number of nitrogens with one attached hydrogen (secondary N) is 2. The van der Waals surface area contributed by atoms with Gasteiger partial charge in [-0.05, 0) is 75.5 Å². The predicted octanol–water partition coefficient (Wildman–Crippen LogP) is 4.68. The van der Waals surface area contributed by atoms with E-state index in [1.54, 1.807) is 12.4 Å². The van der Waals surface area contributed by atoms with Crippen molar-refractivity contribution in [3.05, 3.63) is 66.1 Å².